The molecule has 0 saturated heterocycles. The average molecular weight is 595 g/mol. The van der Waals surface area contributed by atoms with Crippen molar-refractivity contribution in [2.45, 2.75) is 0 Å². The minimum absolute atomic E-state index is 0.0196. The van der Waals surface area contributed by atoms with Gasteiger partial charge in [0.2, 0.25) is 0 Å². The van der Waals surface area contributed by atoms with E-state index < -0.39 is 34.1 Å². The summed E-state index contributed by atoms with van der Waals surface area (Å²) in [5.41, 5.74) is 2.73. The molecule has 0 unspecified atom stereocenters. The minimum Gasteiger partial charge on any atom is -0.247 e. The van der Waals surface area contributed by atoms with Crippen molar-refractivity contribution in [1.29, 1.82) is 15.8 Å². The van der Waals surface area contributed by atoms with Crippen LogP contribution in [-0.2, 0) is 0 Å². The number of para-hydroxylation sites is 1. The molecule has 206 valence electrons. The van der Waals surface area contributed by atoms with E-state index in [1.54, 1.807) is 24.3 Å². The van der Waals surface area contributed by atoms with Gasteiger partial charge in [0.05, 0.1) is 40.1 Å². The fraction of sp³-hybridized carbons (Fsp3) is 0. The van der Waals surface area contributed by atoms with E-state index in [0.717, 1.165) is 39.0 Å². The normalized spacial score (nSPS) is 11.0. The Morgan fingerprint density at radius 1 is 0.614 bits per heavy atom. The van der Waals surface area contributed by atoms with Crippen LogP contribution in [0.25, 0.3) is 66.2 Å². The summed E-state index contributed by atoms with van der Waals surface area (Å²) < 4.78 is 53.9. The van der Waals surface area contributed by atoms with E-state index in [2.05, 4.69) is 14.8 Å². The second-order valence-corrected chi connectivity index (χ2v) is 10.4. The summed E-state index contributed by atoms with van der Waals surface area (Å²) in [5, 5.41) is 30.2. The van der Waals surface area contributed by atoms with Gasteiger partial charge in [-0.2, -0.15) is 24.5 Å². The molecule has 0 aliphatic rings. The molecule has 2 aromatic heterocycles. The molecule has 0 bridgehead atoms. The molecule has 7 rings (SSSR count). The van der Waals surface area contributed by atoms with E-state index >= 15 is 8.78 Å². The molecule has 0 aliphatic heterocycles. The highest BCUT2D eigenvalue weighted by Crippen LogP contribution is 2.41. The first-order chi connectivity index (χ1) is 21.4. The smallest absolute Gasteiger partial charge is 0.164 e. The highest BCUT2D eigenvalue weighted by Gasteiger charge is 2.26. The Hall–Kier alpha value is -6.15. The minimum atomic E-state index is -1.53. The molecule has 0 radical (unpaired) electrons. The van der Waals surface area contributed by atoms with Crippen molar-refractivity contribution in [3.63, 3.8) is 0 Å². The number of hydrogen-bond acceptors (Lipinski definition) is 7. The van der Waals surface area contributed by atoms with Crippen LogP contribution in [0.1, 0.15) is 16.7 Å². The molecule has 10 heteroatoms. The third kappa shape index (κ3) is 3.96. The average Bonchev–Trinajstić information content (AvgIpc) is 3.55. The lowest BCUT2D eigenvalue weighted by atomic mass is 9.92. The Morgan fingerprint density at radius 3 is 1.89 bits per heavy atom. The van der Waals surface area contributed by atoms with Crippen LogP contribution in [-0.4, -0.2) is 13.7 Å². The maximum absolute atomic E-state index is 15.1. The van der Waals surface area contributed by atoms with Crippen LogP contribution in [0.15, 0.2) is 78.9 Å². The predicted molar refractivity (Wildman–Crippen MR) is 161 cm³/mol. The monoisotopic (exact) mass is 594 g/mol. The van der Waals surface area contributed by atoms with Crippen LogP contribution in [0.4, 0.5) is 13.2 Å². The molecule has 0 aliphatic carbocycles. The van der Waals surface area contributed by atoms with Gasteiger partial charge < -0.3 is 0 Å². The van der Waals surface area contributed by atoms with Crippen LogP contribution in [0, 0.1) is 51.4 Å². The Kier molecular flexibility index (Phi) is 6.25. The van der Waals surface area contributed by atoms with Crippen molar-refractivity contribution in [1.82, 2.24) is 13.7 Å². The lowest BCUT2D eigenvalue weighted by Crippen LogP contribution is -2.03. The van der Waals surface area contributed by atoms with Crippen LogP contribution >= 0.6 is 11.7 Å². The highest BCUT2D eigenvalue weighted by atomic mass is 32.1. The van der Waals surface area contributed by atoms with Crippen molar-refractivity contribution in [3.8, 4) is 51.7 Å². The number of aromatic nitrogens is 3. The molecule has 0 N–H and O–H groups in total. The van der Waals surface area contributed by atoms with Crippen LogP contribution in [0.3, 0.4) is 0 Å². The van der Waals surface area contributed by atoms with Crippen LogP contribution in [0.5, 0.6) is 0 Å². The first-order valence-corrected chi connectivity index (χ1v) is 13.8. The van der Waals surface area contributed by atoms with E-state index in [9.17, 15) is 20.2 Å². The van der Waals surface area contributed by atoms with Gasteiger partial charge >= 0.3 is 0 Å². The quantitative estimate of drug-likeness (QED) is 0.190. The summed E-state index contributed by atoms with van der Waals surface area (Å²) in [7, 11) is 0. The summed E-state index contributed by atoms with van der Waals surface area (Å²) in [6, 6.07) is 27.7. The molecule has 0 atom stereocenters. The molecule has 0 spiro atoms. The zero-order chi connectivity index (χ0) is 30.5. The van der Waals surface area contributed by atoms with Gasteiger partial charge in [0.15, 0.2) is 17.5 Å². The molecule has 0 amide bonds. The summed E-state index contributed by atoms with van der Waals surface area (Å²) in [4.78, 5) is 4.96. The number of benzene rings is 5. The zero-order valence-electron chi connectivity index (χ0n) is 22.2. The van der Waals surface area contributed by atoms with Crippen LogP contribution < -0.4 is 0 Å². The van der Waals surface area contributed by atoms with Gasteiger partial charge in [0.1, 0.15) is 34.3 Å². The standard InChI is InChI=1S/C34H13F3N6S/c35-29-24(15-39)30(36)27(31(37)25(29)16-40)19-9-11-20(12-10-19)32-23-13-22(18-7-5-17(14-38)6-8-18)33-34(43-44-42-33)28(23)21-3-1-2-4-26(21)41-32/h1-13H. The highest BCUT2D eigenvalue weighted by molar-refractivity contribution is 7.00. The number of halogens is 3. The first kappa shape index (κ1) is 26.7. The molecule has 7 aromatic rings. The first-order valence-electron chi connectivity index (χ1n) is 13.0. The Bertz CT molecular complexity index is 2410. The number of nitriles is 3. The number of rotatable bonds is 3. The maximum atomic E-state index is 15.1. The van der Waals surface area contributed by atoms with Gasteiger partial charge in [-0.3, -0.25) is 0 Å². The number of fused-ring (bicyclic) bond motifs is 5. The summed E-state index contributed by atoms with van der Waals surface area (Å²) in [6.07, 6.45) is 0. The topological polar surface area (TPSA) is 110 Å². The Morgan fingerprint density at radius 2 is 1.23 bits per heavy atom. The van der Waals surface area contributed by atoms with Crippen LogP contribution in [0.2, 0.25) is 0 Å². The van der Waals surface area contributed by atoms with Crippen molar-refractivity contribution in [3.05, 3.63) is 113 Å². The largest absolute Gasteiger partial charge is 0.247 e. The van der Waals surface area contributed by atoms with E-state index in [1.807, 2.05) is 42.5 Å². The van der Waals surface area contributed by atoms with E-state index in [-0.39, 0.29) is 5.56 Å². The van der Waals surface area contributed by atoms with Gasteiger partial charge in [0, 0.05) is 27.3 Å². The zero-order valence-corrected chi connectivity index (χ0v) is 23.0. The van der Waals surface area contributed by atoms with Crippen molar-refractivity contribution in [2.24, 2.45) is 0 Å². The second kappa shape index (κ2) is 10.3. The molecule has 5 aromatic carbocycles. The molecular formula is C34H13F3N6S. The fourth-order valence-electron chi connectivity index (χ4n) is 5.44. The van der Waals surface area contributed by atoms with Gasteiger partial charge in [-0.25, -0.2) is 18.2 Å². The molecular weight excluding hydrogens is 581 g/mol. The van der Waals surface area contributed by atoms with Crippen molar-refractivity contribution >= 4 is 44.4 Å². The van der Waals surface area contributed by atoms with Gasteiger partial charge in [-0.05, 0) is 35.4 Å². The lowest BCUT2D eigenvalue weighted by molar-refractivity contribution is 0.539. The number of nitrogens with zero attached hydrogens (tertiary/aromatic N) is 6. The molecule has 0 fully saturated rings. The number of hydrogen-bond donors (Lipinski definition) is 0. The van der Waals surface area contributed by atoms with E-state index in [0.29, 0.717) is 33.4 Å². The summed E-state index contributed by atoms with van der Waals surface area (Å²) >= 11 is 1.09. The summed E-state index contributed by atoms with van der Waals surface area (Å²) in [5.74, 6) is -4.29. The molecule has 2 heterocycles. The van der Waals surface area contributed by atoms with E-state index in [1.165, 1.54) is 24.3 Å². The third-order valence-electron chi connectivity index (χ3n) is 7.51. The Labute approximate surface area is 251 Å². The lowest BCUT2D eigenvalue weighted by Gasteiger charge is -2.14. The predicted octanol–water partition coefficient (Wildman–Crippen LogP) is 8.43. The SMILES string of the molecule is N#Cc1ccc(-c2cc3c(-c4ccc(-c5c(F)c(C#N)c(F)c(C#N)c5F)cc4)nc4ccccc4c3c3nsnc23)cc1. The maximum Gasteiger partial charge on any atom is 0.164 e. The third-order valence-corrected chi connectivity index (χ3v) is 8.04. The van der Waals surface area contributed by atoms with Crippen molar-refractivity contribution in [2.75, 3.05) is 0 Å². The van der Waals surface area contributed by atoms with Gasteiger partial charge in [-0.1, -0.05) is 54.6 Å². The number of pyridine rings is 1. The molecule has 0 saturated carbocycles. The summed E-state index contributed by atoms with van der Waals surface area (Å²) in [6.45, 7) is 0. The van der Waals surface area contributed by atoms with Gasteiger partial charge in [-0.15, -0.1) is 0 Å². The van der Waals surface area contributed by atoms with Gasteiger partial charge in [0.25, 0.3) is 0 Å². The van der Waals surface area contributed by atoms with E-state index in [4.69, 9.17) is 4.98 Å². The Balaban J connectivity index is 1.49. The molecule has 44 heavy (non-hydrogen) atoms. The second-order valence-electron chi connectivity index (χ2n) is 9.84. The molecule has 6 nitrogen and oxygen atoms in total. The van der Waals surface area contributed by atoms with Crippen molar-refractivity contribution < 1.29 is 13.2 Å². The fourth-order valence-corrected chi connectivity index (χ4v) is 6.00.